The van der Waals surface area contributed by atoms with Crippen molar-refractivity contribution in [3.8, 4) is 0 Å². The highest BCUT2D eigenvalue weighted by Crippen LogP contribution is 2.15. The largest absolute Gasteiger partial charge is 0.394 e. The van der Waals surface area contributed by atoms with Crippen molar-refractivity contribution in [3.63, 3.8) is 0 Å². The van der Waals surface area contributed by atoms with Gasteiger partial charge >= 0.3 is 0 Å². The SMILES string of the molecule is CCCCCCCCC/C=C/CC/C=C/[C@@H](O)[C@H](CO)NC(=O)CCCCCCCCCCCCCCCCCCCCC. The number of carbonyl (C=O) groups is 1. The molecule has 0 aromatic carbocycles. The van der Waals surface area contributed by atoms with Crippen LogP contribution in [0, 0.1) is 0 Å². The number of carbonyl (C=O) groups excluding carboxylic acids is 1. The Bertz CT molecular complexity index is 632. The third-order valence-corrected chi connectivity index (χ3v) is 8.94. The molecule has 0 bridgehead atoms. The van der Waals surface area contributed by atoms with E-state index in [2.05, 4.69) is 31.3 Å². The summed E-state index contributed by atoms with van der Waals surface area (Å²) in [6.07, 6.45) is 45.6. The van der Waals surface area contributed by atoms with Gasteiger partial charge in [0.2, 0.25) is 5.91 Å². The molecule has 0 radical (unpaired) electrons. The van der Waals surface area contributed by atoms with Crippen LogP contribution in [-0.2, 0) is 4.79 Å². The van der Waals surface area contributed by atoms with Crippen molar-refractivity contribution in [1.82, 2.24) is 5.32 Å². The van der Waals surface area contributed by atoms with Crippen molar-refractivity contribution < 1.29 is 15.0 Å². The molecule has 0 aromatic rings. The summed E-state index contributed by atoms with van der Waals surface area (Å²) in [6.45, 7) is 4.29. The first-order valence-corrected chi connectivity index (χ1v) is 19.6. The minimum atomic E-state index is -0.856. The molecule has 3 N–H and O–H groups in total. The molecule has 260 valence electrons. The Morgan fingerprint density at radius 3 is 1.32 bits per heavy atom. The average molecular weight is 620 g/mol. The summed E-state index contributed by atoms with van der Waals surface area (Å²) in [5.41, 5.74) is 0. The van der Waals surface area contributed by atoms with E-state index in [1.807, 2.05) is 6.08 Å². The smallest absolute Gasteiger partial charge is 0.220 e. The van der Waals surface area contributed by atoms with E-state index in [4.69, 9.17) is 0 Å². The minimum absolute atomic E-state index is 0.0724. The lowest BCUT2D eigenvalue weighted by Crippen LogP contribution is -2.45. The van der Waals surface area contributed by atoms with Gasteiger partial charge in [-0.15, -0.1) is 0 Å². The van der Waals surface area contributed by atoms with E-state index >= 15 is 0 Å². The number of unbranched alkanes of at least 4 members (excludes halogenated alkanes) is 26. The second kappa shape index (κ2) is 36.3. The summed E-state index contributed by atoms with van der Waals surface area (Å²) in [7, 11) is 0. The van der Waals surface area contributed by atoms with Crippen LogP contribution in [0.15, 0.2) is 24.3 Å². The van der Waals surface area contributed by atoms with E-state index < -0.39 is 12.1 Å². The predicted molar refractivity (Wildman–Crippen MR) is 193 cm³/mol. The van der Waals surface area contributed by atoms with E-state index in [0.717, 1.165) is 32.1 Å². The zero-order valence-electron chi connectivity index (χ0n) is 29.7. The molecule has 4 heteroatoms. The topological polar surface area (TPSA) is 69.6 Å². The third-order valence-electron chi connectivity index (χ3n) is 8.94. The Morgan fingerprint density at radius 2 is 0.886 bits per heavy atom. The molecule has 0 unspecified atom stereocenters. The molecule has 0 rings (SSSR count). The van der Waals surface area contributed by atoms with Crippen LogP contribution < -0.4 is 5.32 Å². The molecule has 0 saturated carbocycles. The Balaban J connectivity index is 3.59. The number of nitrogens with one attached hydrogen (secondary N) is 1. The zero-order chi connectivity index (χ0) is 32.2. The van der Waals surface area contributed by atoms with Crippen LogP contribution in [0.2, 0.25) is 0 Å². The number of rotatable bonds is 35. The van der Waals surface area contributed by atoms with E-state index in [1.165, 1.54) is 154 Å². The fourth-order valence-corrected chi connectivity index (χ4v) is 5.90. The monoisotopic (exact) mass is 620 g/mol. The Kier molecular flexibility index (Phi) is 35.4. The van der Waals surface area contributed by atoms with Gasteiger partial charge in [0.05, 0.1) is 18.8 Å². The van der Waals surface area contributed by atoms with E-state index in [0.29, 0.717) is 6.42 Å². The molecule has 0 fully saturated rings. The molecule has 0 saturated heterocycles. The highest BCUT2D eigenvalue weighted by Gasteiger charge is 2.17. The number of aliphatic hydroxyl groups is 2. The van der Waals surface area contributed by atoms with E-state index in [1.54, 1.807) is 6.08 Å². The second-order valence-electron chi connectivity index (χ2n) is 13.3. The molecule has 0 spiro atoms. The molecule has 0 aliphatic rings. The van der Waals surface area contributed by atoms with Crippen molar-refractivity contribution >= 4 is 5.91 Å². The number of amides is 1. The van der Waals surface area contributed by atoms with E-state index in [9.17, 15) is 15.0 Å². The summed E-state index contributed by atoms with van der Waals surface area (Å²) >= 11 is 0. The van der Waals surface area contributed by atoms with Gasteiger partial charge in [-0.1, -0.05) is 192 Å². The summed E-state index contributed by atoms with van der Waals surface area (Å²) in [5, 5.41) is 22.9. The first-order chi connectivity index (χ1) is 21.7. The summed E-state index contributed by atoms with van der Waals surface area (Å²) < 4.78 is 0. The number of aliphatic hydroxyl groups excluding tert-OH is 2. The number of allylic oxidation sites excluding steroid dienone is 3. The summed E-state index contributed by atoms with van der Waals surface area (Å²) in [4.78, 5) is 12.3. The van der Waals surface area contributed by atoms with Crippen LogP contribution in [0.5, 0.6) is 0 Å². The van der Waals surface area contributed by atoms with Gasteiger partial charge in [0.1, 0.15) is 0 Å². The molecule has 0 aromatic heterocycles. The Hall–Kier alpha value is -1.13. The van der Waals surface area contributed by atoms with Crippen LogP contribution in [0.1, 0.15) is 206 Å². The molecular weight excluding hydrogens is 542 g/mol. The van der Waals surface area contributed by atoms with Gasteiger partial charge in [-0.3, -0.25) is 4.79 Å². The molecular formula is C40H77NO3. The van der Waals surface area contributed by atoms with Crippen LogP contribution in [0.3, 0.4) is 0 Å². The molecule has 0 aliphatic carbocycles. The maximum absolute atomic E-state index is 12.3. The summed E-state index contributed by atoms with van der Waals surface area (Å²) in [6, 6.07) is -0.632. The molecule has 4 nitrogen and oxygen atoms in total. The van der Waals surface area contributed by atoms with E-state index in [-0.39, 0.29) is 12.5 Å². The molecule has 0 heterocycles. The van der Waals surface area contributed by atoms with Crippen molar-refractivity contribution in [1.29, 1.82) is 0 Å². The standard InChI is InChI=1S/C40H77NO3/c1-3-5-7-9-11-13-15-17-18-19-20-21-22-24-26-28-30-32-34-36-40(44)41-38(37-42)39(43)35-33-31-29-27-25-23-16-14-12-10-8-6-4-2/h25,27,33,35,38-39,42-43H,3-24,26,28-32,34,36-37H2,1-2H3,(H,41,44)/b27-25+,35-33+/t38-,39+/m0/s1. The van der Waals surface area contributed by atoms with Gasteiger partial charge in [-0.25, -0.2) is 0 Å². The first kappa shape index (κ1) is 42.9. The van der Waals surface area contributed by atoms with Crippen LogP contribution in [0.25, 0.3) is 0 Å². The summed E-state index contributed by atoms with van der Waals surface area (Å²) in [5.74, 6) is -0.0724. The van der Waals surface area contributed by atoms with Gasteiger partial charge in [-0.05, 0) is 32.1 Å². The van der Waals surface area contributed by atoms with Gasteiger partial charge in [0, 0.05) is 6.42 Å². The van der Waals surface area contributed by atoms with Crippen LogP contribution in [0.4, 0.5) is 0 Å². The van der Waals surface area contributed by atoms with Crippen molar-refractivity contribution in [2.45, 2.75) is 219 Å². The fourth-order valence-electron chi connectivity index (χ4n) is 5.90. The molecule has 2 atom stereocenters. The maximum atomic E-state index is 12.3. The Labute approximate surface area is 275 Å². The number of hydrogen-bond acceptors (Lipinski definition) is 3. The van der Waals surface area contributed by atoms with Gasteiger partial charge in [0.15, 0.2) is 0 Å². The Morgan fingerprint density at radius 1 is 0.523 bits per heavy atom. The van der Waals surface area contributed by atoms with Gasteiger partial charge < -0.3 is 15.5 Å². The van der Waals surface area contributed by atoms with Crippen LogP contribution in [-0.4, -0.2) is 34.9 Å². The van der Waals surface area contributed by atoms with Gasteiger partial charge in [0.25, 0.3) is 0 Å². The molecule has 0 aliphatic heterocycles. The first-order valence-electron chi connectivity index (χ1n) is 19.6. The van der Waals surface area contributed by atoms with Crippen LogP contribution >= 0.6 is 0 Å². The quantitative estimate of drug-likeness (QED) is 0.0488. The normalized spacial score (nSPS) is 13.3. The second-order valence-corrected chi connectivity index (χ2v) is 13.3. The highest BCUT2D eigenvalue weighted by atomic mass is 16.3. The highest BCUT2D eigenvalue weighted by molar-refractivity contribution is 5.76. The van der Waals surface area contributed by atoms with Crippen molar-refractivity contribution in [3.05, 3.63) is 24.3 Å². The van der Waals surface area contributed by atoms with Crippen molar-refractivity contribution in [2.75, 3.05) is 6.61 Å². The van der Waals surface area contributed by atoms with Gasteiger partial charge in [-0.2, -0.15) is 0 Å². The minimum Gasteiger partial charge on any atom is -0.394 e. The lowest BCUT2D eigenvalue weighted by atomic mass is 10.0. The zero-order valence-corrected chi connectivity index (χ0v) is 29.7. The third kappa shape index (κ3) is 32.3. The lowest BCUT2D eigenvalue weighted by molar-refractivity contribution is -0.123. The van der Waals surface area contributed by atoms with Crippen molar-refractivity contribution in [2.24, 2.45) is 0 Å². The fraction of sp³-hybridized carbons (Fsp3) is 0.875. The molecule has 1 amide bonds. The number of hydrogen-bond donors (Lipinski definition) is 3. The molecule has 44 heavy (non-hydrogen) atoms. The lowest BCUT2D eigenvalue weighted by Gasteiger charge is -2.19. The maximum Gasteiger partial charge on any atom is 0.220 e. The average Bonchev–Trinajstić information content (AvgIpc) is 3.03. The predicted octanol–water partition coefficient (Wildman–Crippen LogP) is 11.7.